The molecule has 0 heterocycles. The molecule has 220 valence electrons. The van der Waals surface area contributed by atoms with E-state index in [1.165, 1.54) is 33.6 Å². The fraction of sp³-hybridized carbons (Fsp3) is 0.441. The van der Waals surface area contributed by atoms with Crippen LogP contribution >= 0.6 is 20.0 Å². The quantitative estimate of drug-likeness (QED) is 0.172. The fourth-order valence-electron chi connectivity index (χ4n) is 4.98. The van der Waals surface area contributed by atoms with Crippen molar-refractivity contribution in [3.05, 3.63) is 93.1 Å². The van der Waals surface area contributed by atoms with Gasteiger partial charge in [-0.05, 0) is 0 Å². The molecule has 0 amide bonds. The van der Waals surface area contributed by atoms with E-state index in [0.717, 1.165) is 17.8 Å². The van der Waals surface area contributed by atoms with E-state index in [9.17, 15) is 0 Å². The van der Waals surface area contributed by atoms with Crippen molar-refractivity contribution in [2.75, 3.05) is 3.86 Å². The first kappa shape index (κ1) is 38.6. The second-order valence-electron chi connectivity index (χ2n) is 11.6. The minimum absolute atomic E-state index is 0. The summed E-state index contributed by atoms with van der Waals surface area (Å²) in [6.45, 7) is 22.8. The summed E-state index contributed by atoms with van der Waals surface area (Å²) in [5, 5.41) is 0. The zero-order valence-corrected chi connectivity index (χ0v) is 34.4. The van der Waals surface area contributed by atoms with E-state index in [4.69, 9.17) is 25.0 Å². The molecule has 0 spiro atoms. The van der Waals surface area contributed by atoms with Gasteiger partial charge in [-0.3, -0.25) is 0 Å². The number of nitrogens with zero attached hydrogens (tertiary/aromatic N) is 2. The van der Waals surface area contributed by atoms with Gasteiger partial charge in [0.05, 0.1) is 0 Å². The third-order valence-electron chi connectivity index (χ3n) is 6.99. The molecule has 0 saturated carbocycles. The maximum absolute atomic E-state index is 5.26. The Morgan fingerprint density at radius 2 is 1.24 bits per heavy atom. The SMILES string of the molecule is CC(/C=C(/C)[N]([Ge][C]1=CC=CC1)c1c(C(C)C)cccc1C(C)C)=Nc1c(C(C)C)cccc1C(C)C.[Cl][Ge][Cl].[Te]. The topological polar surface area (TPSA) is 15.6 Å². The number of allylic oxidation sites excluding steroid dienone is 6. The predicted octanol–water partition coefficient (Wildman–Crippen LogP) is 10.8. The van der Waals surface area contributed by atoms with Crippen LogP contribution in [0.15, 0.2) is 75.8 Å². The van der Waals surface area contributed by atoms with Crippen molar-refractivity contribution in [2.24, 2.45) is 4.99 Å². The molecule has 0 aromatic heterocycles. The second-order valence-corrected chi connectivity index (χ2v) is 17.6. The number of hydrogen-bond acceptors (Lipinski definition) is 2. The second kappa shape index (κ2) is 19.1. The van der Waals surface area contributed by atoms with Crippen LogP contribution in [0, 0.1) is 0 Å². The van der Waals surface area contributed by atoms with Gasteiger partial charge in [0.2, 0.25) is 0 Å². The zero-order valence-electron chi connectivity index (χ0n) is 26.3. The normalized spacial score (nSPS) is 13.5. The number of para-hydroxylation sites is 2. The van der Waals surface area contributed by atoms with Crippen LogP contribution in [0.1, 0.15) is 122 Å². The average Bonchev–Trinajstić information content (AvgIpc) is 3.40. The minimum atomic E-state index is -0.556. The molecule has 0 atom stereocenters. The first-order chi connectivity index (χ1) is 18.9. The smallest absolute Gasteiger partial charge is 0 e. The van der Waals surface area contributed by atoms with Gasteiger partial charge < -0.3 is 0 Å². The molecule has 2 aromatic carbocycles. The van der Waals surface area contributed by atoms with E-state index in [1.54, 1.807) is 4.41 Å². The Balaban J connectivity index is 0.00000201. The number of hydrogen-bond donors (Lipinski definition) is 0. The number of anilines is 1. The molecule has 0 bridgehead atoms. The van der Waals surface area contributed by atoms with Gasteiger partial charge in [-0.1, -0.05) is 0 Å². The first-order valence-electron chi connectivity index (χ1n) is 14.3. The fourth-order valence-corrected chi connectivity index (χ4v) is 7.66. The predicted molar refractivity (Wildman–Crippen MR) is 189 cm³/mol. The van der Waals surface area contributed by atoms with Gasteiger partial charge in [0.25, 0.3) is 0 Å². The molecule has 1 aliphatic carbocycles. The van der Waals surface area contributed by atoms with Crippen molar-refractivity contribution in [3.8, 4) is 0 Å². The Kier molecular flexibility index (Phi) is 18.0. The molecule has 6 radical (unpaired) electrons. The summed E-state index contributed by atoms with van der Waals surface area (Å²) < 4.78 is 4.24. The van der Waals surface area contributed by atoms with Gasteiger partial charge in [-0.15, -0.1) is 0 Å². The van der Waals surface area contributed by atoms with Crippen LogP contribution in [-0.4, -0.2) is 58.6 Å². The molecule has 3 rings (SSSR count). The third kappa shape index (κ3) is 11.2. The van der Waals surface area contributed by atoms with E-state index in [0.29, 0.717) is 23.7 Å². The monoisotopic (exact) mass is 830 g/mol. The van der Waals surface area contributed by atoms with Crippen LogP contribution in [-0.2, 0) is 0 Å². The average molecular weight is 826 g/mol. The van der Waals surface area contributed by atoms with Crippen molar-refractivity contribution >= 4 is 90.0 Å². The summed E-state index contributed by atoms with van der Waals surface area (Å²) in [5.41, 5.74) is 10.5. The van der Waals surface area contributed by atoms with E-state index in [-0.39, 0.29) is 23.7 Å². The number of aliphatic imine (C=N–C) groups is 1. The Labute approximate surface area is 288 Å². The van der Waals surface area contributed by atoms with Crippen molar-refractivity contribution in [1.29, 1.82) is 0 Å². The molecular formula is C34H46Cl2Ge2N2Te. The summed E-state index contributed by atoms with van der Waals surface area (Å²) >= 11 is -1.09. The Hall–Kier alpha value is -0.415. The molecule has 0 unspecified atom stereocenters. The van der Waals surface area contributed by atoms with Gasteiger partial charge in [0.15, 0.2) is 0 Å². The van der Waals surface area contributed by atoms with Crippen molar-refractivity contribution < 1.29 is 0 Å². The molecule has 2 nitrogen and oxygen atoms in total. The summed E-state index contributed by atoms with van der Waals surface area (Å²) in [4.78, 5) is 5.26. The van der Waals surface area contributed by atoms with Crippen molar-refractivity contribution in [3.63, 3.8) is 0 Å². The van der Waals surface area contributed by atoms with Gasteiger partial charge in [-0.2, -0.15) is 0 Å². The van der Waals surface area contributed by atoms with Crippen LogP contribution in [0.25, 0.3) is 0 Å². The summed E-state index contributed by atoms with van der Waals surface area (Å²) in [6, 6.07) is 13.6. The molecule has 1 aliphatic rings. The van der Waals surface area contributed by atoms with Crippen LogP contribution in [0.2, 0.25) is 0 Å². The number of halogens is 2. The molecule has 0 fully saturated rings. The Morgan fingerprint density at radius 3 is 1.63 bits per heavy atom. The number of rotatable bonds is 10. The van der Waals surface area contributed by atoms with E-state index < -0.39 is 29.2 Å². The standard InChI is InChI=1S/C34H46GeN2.Cl2Ge.Te/c1-22(2)29-17-13-18-30(23(3)4)33(29)36-26(9)21-27(10)37(35-28-15-11-12-16-28)34-31(24(5)6)19-14-20-32(34)25(7)8;1-3-2;/h11-15,17-25H,16H2,1-10H3;;/b27-21-,36-26?;;. The van der Waals surface area contributed by atoms with Gasteiger partial charge in [0.1, 0.15) is 0 Å². The molecular weight excluding hydrogens is 780 g/mol. The molecule has 7 heteroatoms. The van der Waals surface area contributed by atoms with Crippen LogP contribution in [0.3, 0.4) is 0 Å². The Bertz CT molecular complexity index is 1190. The molecule has 41 heavy (non-hydrogen) atoms. The zero-order chi connectivity index (χ0) is 30.0. The van der Waals surface area contributed by atoms with Gasteiger partial charge in [-0.25, -0.2) is 0 Å². The third-order valence-corrected chi connectivity index (χ3v) is 10.1. The number of benzene rings is 2. The van der Waals surface area contributed by atoms with Crippen LogP contribution < -0.4 is 3.86 Å². The molecule has 2 aromatic rings. The van der Waals surface area contributed by atoms with Crippen LogP contribution in [0.5, 0.6) is 0 Å². The molecule has 0 saturated heterocycles. The van der Waals surface area contributed by atoms with Crippen LogP contribution in [0.4, 0.5) is 11.4 Å². The molecule has 0 aliphatic heterocycles. The largest absolute Gasteiger partial charge is 0 e. The van der Waals surface area contributed by atoms with Gasteiger partial charge >= 0.3 is 268 Å². The molecule has 0 N–H and O–H groups in total. The van der Waals surface area contributed by atoms with E-state index in [1.807, 2.05) is 0 Å². The van der Waals surface area contributed by atoms with E-state index in [2.05, 4.69) is 134 Å². The maximum atomic E-state index is 5.26. The first-order valence-corrected chi connectivity index (χ1v) is 21.8. The summed E-state index contributed by atoms with van der Waals surface area (Å²) in [5.74, 6) is 1.80. The summed E-state index contributed by atoms with van der Waals surface area (Å²) in [6.07, 6.45) is 10.2. The summed E-state index contributed by atoms with van der Waals surface area (Å²) in [7, 11) is 9.78. The van der Waals surface area contributed by atoms with Gasteiger partial charge in [0, 0.05) is 23.7 Å². The van der Waals surface area contributed by atoms with Crippen molar-refractivity contribution in [1.82, 2.24) is 0 Å². The van der Waals surface area contributed by atoms with E-state index >= 15 is 0 Å². The minimum Gasteiger partial charge on any atom is 0 e. The van der Waals surface area contributed by atoms with Crippen molar-refractivity contribution in [2.45, 2.75) is 99.3 Å². The Morgan fingerprint density at radius 1 is 0.805 bits per heavy atom. The maximum Gasteiger partial charge on any atom is 0 e.